The van der Waals surface area contributed by atoms with E-state index in [0.717, 1.165) is 31.0 Å². The summed E-state index contributed by atoms with van der Waals surface area (Å²) in [5, 5.41) is 9.26. The zero-order chi connectivity index (χ0) is 18.0. The van der Waals surface area contributed by atoms with Gasteiger partial charge in [0.2, 0.25) is 5.95 Å². The Bertz CT molecular complexity index is 800. The van der Waals surface area contributed by atoms with Gasteiger partial charge in [0.05, 0.1) is 17.3 Å². The van der Waals surface area contributed by atoms with Crippen LogP contribution in [0.15, 0.2) is 30.5 Å². The molecule has 1 aliphatic heterocycles. The molecule has 1 aliphatic rings. The van der Waals surface area contributed by atoms with Gasteiger partial charge in [-0.25, -0.2) is 9.37 Å². The second-order valence-corrected chi connectivity index (χ2v) is 6.38. The fraction of sp³-hybridized carbons (Fsp3) is 0.389. The smallest absolute Gasteiger partial charge is 0.227 e. The Balaban J connectivity index is 1.77. The molecular weight excluding hydrogens is 319 g/mol. The van der Waals surface area contributed by atoms with Crippen LogP contribution in [0.5, 0.6) is 0 Å². The third-order valence-corrected chi connectivity index (χ3v) is 4.53. The number of anilines is 3. The van der Waals surface area contributed by atoms with Crippen molar-refractivity contribution in [2.24, 2.45) is 0 Å². The predicted molar refractivity (Wildman–Crippen MR) is 96.5 cm³/mol. The first-order valence-corrected chi connectivity index (χ1v) is 8.17. The molecule has 0 aliphatic carbocycles. The number of rotatable bonds is 4. The topological polar surface area (TPSA) is 59.3 Å². The minimum Gasteiger partial charge on any atom is -0.368 e. The van der Waals surface area contributed by atoms with Gasteiger partial charge in [0.25, 0.3) is 0 Å². The lowest BCUT2D eigenvalue weighted by molar-refractivity contribution is 0.627. The summed E-state index contributed by atoms with van der Waals surface area (Å²) in [6.45, 7) is 1.55. The third kappa shape index (κ3) is 3.48. The summed E-state index contributed by atoms with van der Waals surface area (Å²) in [6.07, 6.45) is 2.68. The summed E-state index contributed by atoms with van der Waals surface area (Å²) in [5.41, 5.74) is 1.15. The maximum atomic E-state index is 13.4. The average Bonchev–Trinajstić information content (AvgIpc) is 3.10. The fourth-order valence-electron chi connectivity index (χ4n) is 3.07. The zero-order valence-electron chi connectivity index (χ0n) is 14.6. The van der Waals surface area contributed by atoms with Crippen molar-refractivity contribution in [3.63, 3.8) is 0 Å². The first kappa shape index (κ1) is 17.0. The van der Waals surface area contributed by atoms with Crippen molar-refractivity contribution in [3.05, 3.63) is 41.8 Å². The summed E-state index contributed by atoms with van der Waals surface area (Å²) >= 11 is 0. The normalized spacial score (nSPS) is 16.6. The second kappa shape index (κ2) is 6.93. The number of nitrogens with zero attached hydrogens (tertiary/aromatic N) is 6. The predicted octanol–water partition coefficient (Wildman–Crippen LogP) is 2.27. The van der Waals surface area contributed by atoms with Crippen LogP contribution < -0.4 is 14.7 Å². The molecule has 7 heteroatoms. The van der Waals surface area contributed by atoms with E-state index in [9.17, 15) is 9.65 Å². The van der Waals surface area contributed by atoms with E-state index in [0.29, 0.717) is 11.5 Å². The van der Waals surface area contributed by atoms with Crippen LogP contribution >= 0.6 is 0 Å². The van der Waals surface area contributed by atoms with Gasteiger partial charge in [0, 0.05) is 40.4 Å². The van der Waals surface area contributed by atoms with Crippen molar-refractivity contribution in [1.29, 1.82) is 5.26 Å². The molecule has 6 nitrogen and oxygen atoms in total. The first-order chi connectivity index (χ1) is 12.0. The van der Waals surface area contributed by atoms with Gasteiger partial charge in [-0.1, -0.05) is 0 Å². The molecule has 130 valence electrons. The molecule has 2 heterocycles. The van der Waals surface area contributed by atoms with E-state index in [1.807, 2.05) is 32.1 Å². The monoisotopic (exact) mass is 340 g/mol. The Morgan fingerprint density at radius 1 is 1.28 bits per heavy atom. The van der Waals surface area contributed by atoms with Crippen LogP contribution in [0.25, 0.3) is 0 Å². The summed E-state index contributed by atoms with van der Waals surface area (Å²) in [6, 6.07) is 8.55. The second-order valence-electron chi connectivity index (χ2n) is 6.38. The van der Waals surface area contributed by atoms with Gasteiger partial charge in [0.15, 0.2) is 0 Å². The van der Waals surface area contributed by atoms with Gasteiger partial charge in [-0.3, -0.25) is 0 Å². The number of halogens is 1. The van der Waals surface area contributed by atoms with Crippen molar-refractivity contribution in [2.45, 2.75) is 12.5 Å². The van der Waals surface area contributed by atoms with Crippen LogP contribution in [-0.4, -0.2) is 50.2 Å². The highest BCUT2D eigenvalue weighted by Gasteiger charge is 2.28. The van der Waals surface area contributed by atoms with Crippen molar-refractivity contribution < 1.29 is 4.39 Å². The van der Waals surface area contributed by atoms with Gasteiger partial charge in [0.1, 0.15) is 17.7 Å². The molecule has 0 spiro atoms. The minimum atomic E-state index is -0.387. The number of aromatic nitrogens is 2. The number of hydrogen-bond donors (Lipinski definition) is 0. The lowest BCUT2D eigenvalue weighted by atomic mass is 10.1. The maximum Gasteiger partial charge on any atom is 0.227 e. The first-order valence-electron chi connectivity index (χ1n) is 8.17. The largest absolute Gasteiger partial charge is 0.368 e. The summed E-state index contributed by atoms with van der Waals surface area (Å²) < 4.78 is 13.4. The highest BCUT2D eigenvalue weighted by atomic mass is 19.1. The average molecular weight is 340 g/mol. The highest BCUT2D eigenvalue weighted by Crippen LogP contribution is 2.27. The fourth-order valence-corrected chi connectivity index (χ4v) is 3.07. The van der Waals surface area contributed by atoms with E-state index in [1.54, 1.807) is 12.3 Å². The van der Waals surface area contributed by atoms with Crippen LogP contribution in [-0.2, 0) is 0 Å². The van der Waals surface area contributed by atoms with Crippen molar-refractivity contribution in [2.75, 3.05) is 48.9 Å². The van der Waals surface area contributed by atoms with Gasteiger partial charge < -0.3 is 14.7 Å². The van der Waals surface area contributed by atoms with E-state index in [2.05, 4.69) is 25.8 Å². The van der Waals surface area contributed by atoms with Gasteiger partial charge >= 0.3 is 0 Å². The van der Waals surface area contributed by atoms with Crippen LogP contribution in [0, 0.1) is 17.1 Å². The zero-order valence-corrected chi connectivity index (χ0v) is 14.6. The van der Waals surface area contributed by atoms with E-state index < -0.39 is 0 Å². The number of benzene rings is 1. The minimum absolute atomic E-state index is 0.231. The quantitative estimate of drug-likeness (QED) is 0.851. The van der Waals surface area contributed by atoms with Crippen molar-refractivity contribution in [3.8, 4) is 6.07 Å². The van der Waals surface area contributed by atoms with Crippen molar-refractivity contribution in [1.82, 2.24) is 9.97 Å². The summed E-state index contributed by atoms with van der Waals surface area (Å²) in [4.78, 5) is 15.1. The number of nitriles is 1. The molecule has 1 aromatic carbocycles. The molecule has 1 unspecified atom stereocenters. The molecule has 0 radical (unpaired) electrons. The molecule has 3 rings (SSSR count). The molecule has 0 bridgehead atoms. The third-order valence-electron chi connectivity index (χ3n) is 4.53. The Labute approximate surface area is 147 Å². The van der Waals surface area contributed by atoms with Crippen LogP contribution in [0.4, 0.5) is 21.8 Å². The lowest BCUT2D eigenvalue weighted by Gasteiger charge is -2.26. The molecule has 1 aromatic heterocycles. The Hall–Kier alpha value is -2.88. The molecule has 2 aromatic rings. The van der Waals surface area contributed by atoms with Crippen LogP contribution in [0.2, 0.25) is 0 Å². The Morgan fingerprint density at radius 3 is 2.80 bits per heavy atom. The van der Waals surface area contributed by atoms with Gasteiger partial charge in [-0.05, 0) is 30.7 Å². The van der Waals surface area contributed by atoms with Crippen LogP contribution in [0.3, 0.4) is 0 Å². The summed E-state index contributed by atoms with van der Waals surface area (Å²) in [5.74, 6) is 1.15. The molecule has 0 saturated carbocycles. The highest BCUT2D eigenvalue weighted by molar-refractivity contribution is 5.60. The van der Waals surface area contributed by atoms with E-state index in [4.69, 9.17) is 0 Å². The maximum absolute atomic E-state index is 13.4. The number of likely N-dealkylation sites (N-methyl/N-ethyl adjacent to an activating group) is 1. The summed E-state index contributed by atoms with van der Waals surface area (Å²) in [7, 11) is 5.88. The molecule has 0 N–H and O–H groups in total. The molecule has 25 heavy (non-hydrogen) atoms. The van der Waals surface area contributed by atoms with E-state index >= 15 is 0 Å². The molecule has 1 atom stereocenters. The van der Waals surface area contributed by atoms with Gasteiger partial charge in [-0.2, -0.15) is 10.2 Å². The molecular formula is C18H21FN6. The van der Waals surface area contributed by atoms with E-state index in [1.165, 1.54) is 12.1 Å². The SMILES string of the molecule is CN(C)c1ccnc(N(C)C2CCN(c3ccc(F)cc3C#N)C2)n1. The van der Waals surface area contributed by atoms with E-state index in [-0.39, 0.29) is 11.9 Å². The molecule has 1 fully saturated rings. The van der Waals surface area contributed by atoms with Gasteiger partial charge in [-0.15, -0.1) is 0 Å². The molecule has 0 amide bonds. The number of hydrogen-bond acceptors (Lipinski definition) is 6. The standard InChI is InChI=1S/C18H21FN6/c1-23(2)17-6-8-21-18(22-17)24(3)15-7-9-25(12-15)16-5-4-14(19)10-13(16)11-20/h4-6,8,10,15H,7,9,12H2,1-3H3. The van der Waals surface area contributed by atoms with Crippen LogP contribution in [0.1, 0.15) is 12.0 Å². The Morgan fingerprint density at radius 2 is 2.08 bits per heavy atom. The lowest BCUT2D eigenvalue weighted by Crippen LogP contribution is -2.36. The Kier molecular flexibility index (Phi) is 4.70. The van der Waals surface area contributed by atoms with Crippen molar-refractivity contribution >= 4 is 17.5 Å². The molecule has 1 saturated heterocycles.